The highest BCUT2D eigenvalue weighted by molar-refractivity contribution is 7.16. The fourth-order valence-electron chi connectivity index (χ4n) is 2.46. The molecule has 0 unspecified atom stereocenters. The van der Waals surface area contributed by atoms with Crippen molar-refractivity contribution >= 4 is 22.7 Å². The van der Waals surface area contributed by atoms with Gasteiger partial charge in [-0.15, -0.1) is 22.7 Å². The third kappa shape index (κ3) is 2.76. The van der Waals surface area contributed by atoms with Crippen LogP contribution in [-0.2, 0) is 0 Å². The van der Waals surface area contributed by atoms with Crippen LogP contribution in [0.4, 0.5) is 0 Å². The SMILES string of the molecule is COc1cc(C)sc1-c1ccc(-c2sc(C)cc2OC)cc1. The molecule has 3 rings (SSSR count). The molecule has 0 atom stereocenters. The Balaban J connectivity index is 1.99. The lowest BCUT2D eigenvalue weighted by Gasteiger charge is -2.05. The van der Waals surface area contributed by atoms with Crippen molar-refractivity contribution in [2.24, 2.45) is 0 Å². The highest BCUT2D eigenvalue weighted by Crippen LogP contribution is 2.41. The van der Waals surface area contributed by atoms with Gasteiger partial charge in [0.1, 0.15) is 11.5 Å². The van der Waals surface area contributed by atoms with Gasteiger partial charge in [-0.05, 0) is 37.1 Å². The van der Waals surface area contributed by atoms with Crippen molar-refractivity contribution in [2.45, 2.75) is 13.8 Å². The third-order valence-corrected chi connectivity index (χ3v) is 5.65. The van der Waals surface area contributed by atoms with E-state index in [0.717, 1.165) is 11.5 Å². The molecule has 1 aromatic carbocycles. The molecule has 0 amide bonds. The van der Waals surface area contributed by atoms with E-state index in [2.05, 4.69) is 50.2 Å². The van der Waals surface area contributed by atoms with Crippen LogP contribution in [0.25, 0.3) is 20.9 Å². The molecular weight excluding hydrogens is 312 g/mol. The van der Waals surface area contributed by atoms with Crippen LogP contribution >= 0.6 is 22.7 Å². The Bertz CT molecular complexity index is 715. The number of aryl methyl sites for hydroxylation is 2. The molecule has 2 nitrogen and oxygen atoms in total. The lowest BCUT2D eigenvalue weighted by atomic mass is 10.1. The Kier molecular flexibility index (Phi) is 4.23. The molecule has 0 spiro atoms. The molecule has 0 saturated carbocycles. The number of hydrogen-bond acceptors (Lipinski definition) is 4. The Morgan fingerprint density at radius 3 is 1.36 bits per heavy atom. The first kappa shape index (κ1) is 15.1. The number of hydrogen-bond donors (Lipinski definition) is 0. The van der Waals surface area contributed by atoms with Crippen LogP contribution in [0.3, 0.4) is 0 Å². The molecule has 0 bridgehead atoms. The number of methoxy groups -OCH3 is 2. The highest BCUT2D eigenvalue weighted by Gasteiger charge is 2.12. The van der Waals surface area contributed by atoms with Crippen molar-refractivity contribution < 1.29 is 9.47 Å². The van der Waals surface area contributed by atoms with Gasteiger partial charge in [-0.3, -0.25) is 0 Å². The second-order valence-electron chi connectivity index (χ2n) is 5.09. The van der Waals surface area contributed by atoms with E-state index in [1.165, 1.54) is 30.6 Å². The number of benzene rings is 1. The fraction of sp³-hybridized carbons (Fsp3) is 0.222. The summed E-state index contributed by atoms with van der Waals surface area (Å²) in [4.78, 5) is 4.87. The van der Waals surface area contributed by atoms with Crippen LogP contribution in [0.5, 0.6) is 11.5 Å². The van der Waals surface area contributed by atoms with Gasteiger partial charge in [0.2, 0.25) is 0 Å². The summed E-state index contributed by atoms with van der Waals surface area (Å²) in [5.74, 6) is 1.89. The second kappa shape index (κ2) is 6.15. The molecule has 0 saturated heterocycles. The zero-order chi connectivity index (χ0) is 15.7. The van der Waals surface area contributed by atoms with Gasteiger partial charge in [0.15, 0.2) is 0 Å². The third-order valence-electron chi connectivity index (χ3n) is 3.49. The first-order chi connectivity index (χ1) is 10.6. The number of rotatable bonds is 4. The van der Waals surface area contributed by atoms with E-state index in [4.69, 9.17) is 9.47 Å². The van der Waals surface area contributed by atoms with Gasteiger partial charge in [0, 0.05) is 9.75 Å². The van der Waals surface area contributed by atoms with Crippen LogP contribution in [0.2, 0.25) is 0 Å². The summed E-state index contributed by atoms with van der Waals surface area (Å²) < 4.78 is 10.9. The average Bonchev–Trinajstić information content (AvgIpc) is 3.09. The van der Waals surface area contributed by atoms with Crippen molar-refractivity contribution in [1.82, 2.24) is 0 Å². The van der Waals surface area contributed by atoms with Gasteiger partial charge in [0.25, 0.3) is 0 Å². The summed E-state index contributed by atoms with van der Waals surface area (Å²) in [5.41, 5.74) is 2.37. The van der Waals surface area contributed by atoms with E-state index in [0.29, 0.717) is 0 Å². The molecule has 0 N–H and O–H groups in total. The summed E-state index contributed by atoms with van der Waals surface area (Å²) in [6, 6.07) is 12.8. The Morgan fingerprint density at radius 1 is 0.682 bits per heavy atom. The minimum Gasteiger partial charge on any atom is -0.495 e. The van der Waals surface area contributed by atoms with Crippen LogP contribution in [0.1, 0.15) is 9.75 Å². The lowest BCUT2D eigenvalue weighted by Crippen LogP contribution is -1.84. The number of thiophene rings is 2. The molecule has 2 aromatic heterocycles. The molecule has 0 fully saturated rings. The van der Waals surface area contributed by atoms with Crippen molar-refractivity contribution in [2.75, 3.05) is 14.2 Å². The van der Waals surface area contributed by atoms with E-state index in [1.54, 1.807) is 36.9 Å². The van der Waals surface area contributed by atoms with Gasteiger partial charge in [-0.25, -0.2) is 0 Å². The predicted octanol–water partition coefficient (Wildman–Crippen LogP) is 5.78. The van der Waals surface area contributed by atoms with E-state index in [1.807, 2.05) is 0 Å². The Morgan fingerprint density at radius 2 is 1.05 bits per heavy atom. The maximum atomic E-state index is 5.47. The lowest BCUT2D eigenvalue weighted by molar-refractivity contribution is 0.418. The van der Waals surface area contributed by atoms with E-state index >= 15 is 0 Å². The van der Waals surface area contributed by atoms with E-state index < -0.39 is 0 Å². The standard InChI is InChI=1S/C18H18O2S2/c1-11-9-15(19-3)17(21-11)13-5-7-14(8-6-13)18-16(20-4)10-12(2)22-18/h5-10H,1-4H3. The van der Waals surface area contributed by atoms with Gasteiger partial charge in [0.05, 0.1) is 24.0 Å². The topological polar surface area (TPSA) is 18.5 Å². The van der Waals surface area contributed by atoms with Crippen molar-refractivity contribution in [3.63, 3.8) is 0 Å². The van der Waals surface area contributed by atoms with Crippen LogP contribution in [-0.4, -0.2) is 14.2 Å². The molecule has 4 heteroatoms. The maximum absolute atomic E-state index is 5.47. The maximum Gasteiger partial charge on any atom is 0.137 e. The normalized spacial score (nSPS) is 10.7. The molecule has 2 heterocycles. The zero-order valence-corrected chi connectivity index (χ0v) is 14.7. The van der Waals surface area contributed by atoms with Crippen molar-refractivity contribution in [1.29, 1.82) is 0 Å². The average molecular weight is 330 g/mol. The Labute approximate surface area is 139 Å². The van der Waals surface area contributed by atoms with Crippen molar-refractivity contribution in [3.05, 3.63) is 46.2 Å². The van der Waals surface area contributed by atoms with Gasteiger partial charge in [-0.1, -0.05) is 24.3 Å². The van der Waals surface area contributed by atoms with Gasteiger partial charge in [-0.2, -0.15) is 0 Å². The summed E-state index contributed by atoms with van der Waals surface area (Å²) in [7, 11) is 3.44. The monoisotopic (exact) mass is 330 g/mol. The highest BCUT2D eigenvalue weighted by atomic mass is 32.1. The van der Waals surface area contributed by atoms with E-state index in [-0.39, 0.29) is 0 Å². The zero-order valence-electron chi connectivity index (χ0n) is 13.1. The Hall–Kier alpha value is -1.78. The van der Waals surface area contributed by atoms with Crippen LogP contribution < -0.4 is 9.47 Å². The second-order valence-corrected chi connectivity index (χ2v) is 7.60. The molecule has 22 heavy (non-hydrogen) atoms. The molecule has 0 aliphatic heterocycles. The minimum atomic E-state index is 0.944. The molecular formula is C18H18O2S2. The summed E-state index contributed by atoms with van der Waals surface area (Å²) in [6.45, 7) is 4.20. The van der Waals surface area contributed by atoms with Crippen LogP contribution in [0, 0.1) is 13.8 Å². The van der Waals surface area contributed by atoms with Gasteiger partial charge >= 0.3 is 0 Å². The van der Waals surface area contributed by atoms with Crippen molar-refractivity contribution in [3.8, 4) is 32.4 Å². The molecule has 114 valence electrons. The first-order valence-corrected chi connectivity index (χ1v) is 8.65. The largest absolute Gasteiger partial charge is 0.495 e. The fourth-order valence-corrected chi connectivity index (χ4v) is 4.43. The molecule has 0 aliphatic rings. The summed E-state index contributed by atoms with van der Waals surface area (Å²) in [6.07, 6.45) is 0. The smallest absolute Gasteiger partial charge is 0.137 e. The molecule has 0 aliphatic carbocycles. The quantitative estimate of drug-likeness (QED) is 0.604. The van der Waals surface area contributed by atoms with E-state index in [9.17, 15) is 0 Å². The van der Waals surface area contributed by atoms with Gasteiger partial charge < -0.3 is 9.47 Å². The summed E-state index contributed by atoms with van der Waals surface area (Å²) in [5, 5.41) is 0. The predicted molar refractivity (Wildman–Crippen MR) is 95.6 cm³/mol. The molecule has 3 aromatic rings. The first-order valence-electron chi connectivity index (χ1n) is 7.02. The molecule has 0 radical (unpaired) electrons. The summed E-state index contributed by atoms with van der Waals surface area (Å²) >= 11 is 3.52. The minimum absolute atomic E-state index is 0.944. The number of ether oxygens (including phenoxy) is 2. The van der Waals surface area contributed by atoms with Crippen LogP contribution in [0.15, 0.2) is 36.4 Å².